The molecule has 1 aliphatic rings. The van der Waals surface area contributed by atoms with E-state index < -0.39 is 5.95 Å². The van der Waals surface area contributed by atoms with E-state index in [1.54, 1.807) is 25.1 Å². The Balaban J connectivity index is 1.60. The van der Waals surface area contributed by atoms with Gasteiger partial charge >= 0.3 is 0 Å². The number of aromatic nitrogens is 3. The fraction of sp³-hybridized carbons (Fsp3) is 0.435. The van der Waals surface area contributed by atoms with Crippen molar-refractivity contribution < 1.29 is 13.9 Å². The van der Waals surface area contributed by atoms with Gasteiger partial charge in [-0.1, -0.05) is 20.8 Å². The third kappa shape index (κ3) is 5.15. The van der Waals surface area contributed by atoms with E-state index in [1.807, 2.05) is 22.7 Å². The van der Waals surface area contributed by atoms with Crippen molar-refractivity contribution in [2.75, 3.05) is 25.5 Å². The second-order valence-corrected chi connectivity index (χ2v) is 10.8. The number of nitrogens with zero attached hydrogens (tertiary/aromatic N) is 3. The number of hydrogen-bond donors (Lipinski definition) is 2. The van der Waals surface area contributed by atoms with Crippen molar-refractivity contribution in [2.24, 2.45) is 5.92 Å². The van der Waals surface area contributed by atoms with Gasteiger partial charge in [0.15, 0.2) is 0 Å². The molecule has 0 saturated carbocycles. The summed E-state index contributed by atoms with van der Waals surface area (Å²) in [7, 11) is 1.65. The minimum absolute atomic E-state index is 0.00101. The predicted octanol–water partition coefficient (Wildman–Crippen LogP) is 4.37. The Hall–Kier alpha value is -2.81. The second-order valence-electron chi connectivity index (χ2n) is 8.95. The highest BCUT2D eigenvalue weighted by Gasteiger charge is 2.21. The molecule has 3 aromatic rings. The van der Waals surface area contributed by atoms with Gasteiger partial charge in [0.2, 0.25) is 11.9 Å². The molecular weight excluding hydrogens is 429 g/mol. The zero-order chi connectivity index (χ0) is 22.9. The van der Waals surface area contributed by atoms with Crippen molar-refractivity contribution in [3.05, 3.63) is 36.5 Å². The maximum atomic E-state index is 14.4. The molecule has 0 aromatic carbocycles. The summed E-state index contributed by atoms with van der Waals surface area (Å²) < 4.78 is 21.9. The lowest BCUT2D eigenvalue weighted by molar-refractivity contribution is -0.119. The number of carbonyl (C=O) groups is 1. The van der Waals surface area contributed by atoms with Crippen LogP contribution in [0.3, 0.4) is 0 Å². The van der Waals surface area contributed by atoms with Crippen LogP contribution in [0, 0.1) is 11.9 Å². The summed E-state index contributed by atoms with van der Waals surface area (Å²) in [5.41, 5.74) is 2.18. The van der Waals surface area contributed by atoms with Crippen molar-refractivity contribution in [2.45, 2.75) is 43.3 Å². The molecule has 9 heteroatoms. The summed E-state index contributed by atoms with van der Waals surface area (Å²) in [5.74, 6) is 1.06. The van der Waals surface area contributed by atoms with Crippen molar-refractivity contribution in [1.29, 1.82) is 0 Å². The quantitative estimate of drug-likeness (QED) is 0.405. The first-order valence-electron chi connectivity index (χ1n) is 10.6. The Morgan fingerprint density at radius 1 is 1.34 bits per heavy atom. The number of carbonyl (C=O) groups excluding carboxylic acids is 1. The first-order chi connectivity index (χ1) is 15.2. The number of nitrogens with one attached hydrogen (secondary N) is 2. The predicted molar refractivity (Wildman–Crippen MR) is 125 cm³/mol. The summed E-state index contributed by atoms with van der Waals surface area (Å²) in [6.07, 6.45) is 5.08. The average Bonchev–Trinajstić information content (AvgIpc) is 3.31. The second kappa shape index (κ2) is 8.97. The topological polar surface area (TPSA) is 80.6 Å². The molecule has 4 heterocycles. The fourth-order valence-electron chi connectivity index (χ4n) is 3.78. The molecule has 0 bridgehead atoms. The van der Waals surface area contributed by atoms with Crippen molar-refractivity contribution >= 4 is 29.1 Å². The van der Waals surface area contributed by atoms with Crippen molar-refractivity contribution in [3.8, 4) is 17.0 Å². The number of ether oxygens (including phenoxy) is 1. The number of methoxy groups -OCH3 is 1. The highest BCUT2D eigenvalue weighted by molar-refractivity contribution is 8.00. The zero-order valence-corrected chi connectivity index (χ0v) is 19.6. The Morgan fingerprint density at radius 3 is 2.84 bits per heavy atom. The summed E-state index contributed by atoms with van der Waals surface area (Å²) in [5, 5.41) is 6.03. The van der Waals surface area contributed by atoms with Crippen LogP contribution in [0.15, 0.2) is 35.5 Å². The molecule has 2 N–H and O–H groups in total. The standard InChI is InChI=1S/C23H28FN5O2S/c1-23(2,3)32-18-13-29-16(12-26-21(29)10-17(18)31-4)15-8-19(24)28-20(9-15)25-6-5-14-7-22(30)27-11-14/h8-10,12-14H,5-7,11H2,1-4H3,(H,25,28)(H,27,30)/t14-/m1/s1. The van der Waals surface area contributed by atoms with Crippen LogP contribution < -0.4 is 15.4 Å². The Labute approximate surface area is 191 Å². The maximum Gasteiger partial charge on any atom is 0.220 e. The van der Waals surface area contributed by atoms with Gasteiger partial charge in [0.25, 0.3) is 0 Å². The Morgan fingerprint density at radius 2 is 2.16 bits per heavy atom. The number of hydrogen-bond acceptors (Lipinski definition) is 6. The van der Waals surface area contributed by atoms with Gasteiger partial charge in [0.05, 0.1) is 23.9 Å². The number of anilines is 1. The lowest BCUT2D eigenvalue weighted by Crippen LogP contribution is -2.15. The molecule has 170 valence electrons. The van der Waals surface area contributed by atoms with Crippen LogP contribution in [-0.2, 0) is 4.79 Å². The van der Waals surface area contributed by atoms with E-state index in [9.17, 15) is 9.18 Å². The highest BCUT2D eigenvalue weighted by Crippen LogP contribution is 2.39. The normalized spacial score (nSPS) is 16.4. The number of rotatable bonds is 7. The van der Waals surface area contributed by atoms with Crippen LogP contribution in [0.2, 0.25) is 0 Å². The minimum atomic E-state index is -0.560. The fourth-order valence-corrected chi connectivity index (χ4v) is 4.84. The highest BCUT2D eigenvalue weighted by atomic mass is 32.2. The Kier molecular flexibility index (Phi) is 6.28. The lowest BCUT2D eigenvalue weighted by atomic mass is 10.1. The molecular formula is C23H28FN5O2S. The molecule has 0 unspecified atom stereocenters. The number of imidazole rings is 1. The number of amides is 1. The SMILES string of the molecule is COc1cc2ncc(-c3cc(F)nc(NCC[C@H]4CNC(=O)C4)c3)n2cc1SC(C)(C)C. The van der Waals surface area contributed by atoms with Crippen LogP contribution in [0.4, 0.5) is 10.2 Å². The van der Waals surface area contributed by atoms with Crippen LogP contribution in [-0.4, -0.2) is 45.2 Å². The van der Waals surface area contributed by atoms with Gasteiger partial charge in [0.1, 0.15) is 17.2 Å². The van der Waals surface area contributed by atoms with Gasteiger partial charge < -0.3 is 15.4 Å². The van der Waals surface area contributed by atoms with Crippen LogP contribution in [0.5, 0.6) is 5.75 Å². The van der Waals surface area contributed by atoms with Gasteiger partial charge in [-0.2, -0.15) is 4.39 Å². The van der Waals surface area contributed by atoms with E-state index in [2.05, 4.69) is 41.4 Å². The first-order valence-corrected chi connectivity index (χ1v) is 11.5. The lowest BCUT2D eigenvalue weighted by Gasteiger charge is -2.19. The van der Waals surface area contributed by atoms with E-state index in [4.69, 9.17) is 4.74 Å². The molecule has 7 nitrogen and oxygen atoms in total. The molecule has 1 fully saturated rings. The van der Waals surface area contributed by atoms with Crippen LogP contribution in [0.1, 0.15) is 33.6 Å². The van der Waals surface area contributed by atoms with Crippen LogP contribution >= 0.6 is 11.8 Å². The average molecular weight is 458 g/mol. The zero-order valence-electron chi connectivity index (χ0n) is 18.7. The molecule has 0 radical (unpaired) electrons. The smallest absolute Gasteiger partial charge is 0.220 e. The third-order valence-corrected chi connectivity index (χ3v) is 6.36. The molecule has 1 amide bonds. The molecule has 0 spiro atoms. The van der Waals surface area contributed by atoms with Crippen molar-refractivity contribution in [3.63, 3.8) is 0 Å². The molecule has 1 atom stereocenters. The van der Waals surface area contributed by atoms with E-state index in [0.717, 1.165) is 28.4 Å². The van der Waals surface area contributed by atoms with E-state index in [0.29, 0.717) is 36.8 Å². The Bertz CT molecular complexity index is 1140. The number of pyridine rings is 2. The van der Waals surface area contributed by atoms with Gasteiger partial charge in [-0.05, 0) is 18.4 Å². The third-order valence-electron chi connectivity index (χ3n) is 5.22. The molecule has 3 aromatic heterocycles. The maximum absolute atomic E-state index is 14.4. The van der Waals surface area contributed by atoms with E-state index >= 15 is 0 Å². The number of thioether (sulfide) groups is 1. The largest absolute Gasteiger partial charge is 0.495 e. The van der Waals surface area contributed by atoms with Gasteiger partial charge in [-0.25, -0.2) is 9.97 Å². The minimum Gasteiger partial charge on any atom is -0.495 e. The summed E-state index contributed by atoms with van der Waals surface area (Å²) in [6.45, 7) is 7.74. The molecule has 1 saturated heterocycles. The summed E-state index contributed by atoms with van der Waals surface area (Å²) in [6, 6.07) is 5.13. The van der Waals surface area contributed by atoms with Gasteiger partial charge in [-0.15, -0.1) is 11.8 Å². The summed E-state index contributed by atoms with van der Waals surface area (Å²) in [4.78, 5) is 20.8. The van der Waals surface area contributed by atoms with E-state index in [1.165, 1.54) is 6.07 Å². The molecule has 32 heavy (non-hydrogen) atoms. The van der Waals surface area contributed by atoms with Crippen LogP contribution in [0.25, 0.3) is 16.9 Å². The monoisotopic (exact) mass is 457 g/mol. The summed E-state index contributed by atoms with van der Waals surface area (Å²) >= 11 is 1.70. The van der Waals surface area contributed by atoms with Gasteiger partial charge in [-0.3, -0.25) is 9.20 Å². The molecule has 4 rings (SSSR count). The first kappa shape index (κ1) is 22.4. The van der Waals surface area contributed by atoms with E-state index in [-0.39, 0.29) is 10.7 Å². The number of halogens is 1. The molecule has 1 aliphatic heterocycles. The van der Waals surface area contributed by atoms with Gasteiger partial charge in [0, 0.05) is 48.2 Å². The van der Waals surface area contributed by atoms with Crippen molar-refractivity contribution in [1.82, 2.24) is 19.7 Å². The number of fused-ring (bicyclic) bond motifs is 1. The molecule has 0 aliphatic carbocycles.